The maximum absolute atomic E-state index is 4.54. The summed E-state index contributed by atoms with van der Waals surface area (Å²) in [5, 5.41) is 0. The third-order valence-corrected chi connectivity index (χ3v) is 1.61. The van der Waals surface area contributed by atoms with Crippen LogP contribution in [0.4, 0.5) is 0 Å². The number of methoxy groups -OCH3 is 2. The van der Waals surface area contributed by atoms with Gasteiger partial charge in [-0.05, 0) is 19.4 Å². The summed E-state index contributed by atoms with van der Waals surface area (Å²) in [6.07, 6.45) is 1.83. The van der Waals surface area contributed by atoms with Crippen molar-refractivity contribution in [1.29, 1.82) is 0 Å². The zero-order valence-corrected chi connectivity index (χ0v) is 10.9. The van der Waals surface area contributed by atoms with Crippen molar-refractivity contribution in [2.24, 2.45) is 0 Å². The number of hydrogen-bond acceptors (Lipinski definition) is 2. The number of hydrogen-bond donors (Lipinski definition) is 0. The first-order valence-corrected chi connectivity index (χ1v) is 5.42. The highest BCUT2D eigenvalue weighted by molar-refractivity contribution is 5.45. The molecular formula is C14H24O2. The van der Waals surface area contributed by atoms with Crippen LogP contribution in [0.5, 0.6) is 0 Å². The summed E-state index contributed by atoms with van der Waals surface area (Å²) >= 11 is 0. The Morgan fingerprint density at radius 2 is 1.38 bits per heavy atom. The molecule has 0 aliphatic carbocycles. The van der Waals surface area contributed by atoms with Crippen molar-refractivity contribution in [2.45, 2.75) is 13.8 Å². The van der Waals surface area contributed by atoms with Crippen LogP contribution in [0.2, 0.25) is 0 Å². The third-order valence-electron chi connectivity index (χ3n) is 1.61. The molecule has 0 N–H and O–H groups in total. The largest absolute Gasteiger partial charge is 0.385 e. The lowest BCUT2D eigenvalue weighted by atomic mass is 10.2. The van der Waals surface area contributed by atoms with E-state index in [1.165, 1.54) is 5.56 Å². The molecule has 1 aromatic rings. The zero-order chi connectivity index (χ0) is 12.6. The summed E-state index contributed by atoms with van der Waals surface area (Å²) < 4.78 is 9.08. The summed E-state index contributed by atoms with van der Waals surface area (Å²) in [4.78, 5) is 0. The third kappa shape index (κ3) is 15.4. The molecule has 0 aromatic heterocycles. The lowest BCUT2D eigenvalue weighted by Crippen LogP contribution is -1.73. The highest BCUT2D eigenvalue weighted by atomic mass is 16.5. The summed E-state index contributed by atoms with van der Waals surface area (Å²) in [5.74, 6) is 0. The highest BCUT2D eigenvalue weighted by Crippen LogP contribution is 1.97. The van der Waals surface area contributed by atoms with Gasteiger partial charge in [-0.2, -0.15) is 0 Å². The molecule has 0 atom stereocenters. The van der Waals surface area contributed by atoms with Gasteiger partial charge in [0.2, 0.25) is 0 Å². The van der Waals surface area contributed by atoms with E-state index in [0.29, 0.717) is 0 Å². The molecule has 1 rings (SSSR count). The van der Waals surface area contributed by atoms with Gasteiger partial charge in [-0.3, -0.25) is 0 Å². The van der Waals surface area contributed by atoms with Gasteiger partial charge >= 0.3 is 0 Å². The molecule has 0 unspecified atom stereocenters. The van der Waals surface area contributed by atoms with Gasteiger partial charge in [-0.25, -0.2) is 0 Å². The second-order valence-corrected chi connectivity index (χ2v) is 2.77. The molecule has 2 heteroatoms. The van der Waals surface area contributed by atoms with E-state index < -0.39 is 0 Å². The predicted molar refractivity (Wildman–Crippen MR) is 71.6 cm³/mol. The molecule has 0 spiro atoms. The van der Waals surface area contributed by atoms with Crippen LogP contribution in [0.3, 0.4) is 0 Å². The monoisotopic (exact) mass is 224 g/mol. The molecule has 0 saturated heterocycles. The smallest absolute Gasteiger partial charge is 0.0433 e. The molecule has 0 fully saturated rings. The average molecular weight is 224 g/mol. The van der Waals surface area contributed by atoms with E-state index in [2.05, 4.69) is 16.1 Å². The minimum atomic E-state index is 0.819. The van der Waals surface area contributed by atoms with Crippen molar-refractivity contribution < 1.29 is 9.47 Å². The summed E-state index contributed by atoms with van der Waals surface area (Å²) in [6.45, 7) is 9.19. The van der Waals surface area contributed by atoms with Gasteiger partial charge in [0.25, 0.3) is 0 Å². The second-order valence-electron chi connectivity index (χ2n) is 2.77. The molecule has 0 radical (unpaired) electrons. The van der Waals surface area contributed by atoms with Gasteiger partial charge < -0.3 is 9.47 Å². The first-order chi connectivity index (χ1) is 7.76. The fraction of sp³-hybridized carbons (Fsp3) is 0.429. The molecule has 0 aliphatic rings. The van der Waals surface area contributed by atoms with E-state index in [1.807, 2.05) is 50.3 Å². The molecule has 0 amide bonds. The minimum absolute atomic E-state index is 0.819. The lowest BCUT2D eigenvalue weighted by Gasteiger charge is -1.85. The number of ether oxygens (including phenoxy) is 2. The Morgan fingerprint density at radius 1 is 1.00 bits per heavy atom. The maximum atomic E-state index is 4.54. The standard InChI is InChI=1S/C8H8.2C3H8O/c1-2-8-6-4-3-5-7-8;2*1-3-4-2/h2-7H,1H2;2*3H2,1-2H3. The predicted octanol–water partition coefficient (Wildman–Crippen LogP) is 3.64. The zero-order valence-electron chi connectivity index (χ0n) is 10.9. The summed E-state index contributed by atoms with van der Waals surface area (Å²) in [5.41, 5.74) is 1.17. The van der Waals surface area contributed by atoms with Crippen LogP contribution in [0.1, 0.15) is 19.4 Å². The van der Waals surface area contributed by atoms with Gasteiger partial charge in [0, 0.05) is 27.4 Å². The Kier molecular flexibility index (Phi) is 17.6. The van der Waals surface area contributed by atoms with Crippen molar-refractivity contribution >= 4 is 6.08 Å². The van der Waals surface area contributed by atoms with Crippen molar-refractivity contribution in [3.8, 4) is 0 Å². The van der Waals surface area contributed by atoms with Crippen LogP contribution in [0.25, 0.3) is 6.08 Å². The summed E-state index contributed by atoms with van der Waals surface area (Å²) in [7, 11) is 3.36. The molecule has 0 bridgehead atoms. The molecule has 92 valence electrons. The molecule has 0 saturated carbocycles. The Hall–Kier alpha value is -1.12. The molecular weight excluding hydrogens is 200 g/mol. The minimum Gasteiger partial charge on any atom is -0.385 e. The quantitative estimate of drug-likeness (QED) is 0.780. The molecule has 2 nitrogen and oxygen atoms in total. The van der Waals surface area contributed by atoms with E-state index in [1.54, 1.807) is 14.2 Å². The Labute approximate surface area is 99.9 Å². The number of benzene rings is 1. The average Bonchev–Trinajstić information content (AvgIpc) is 2.40. The van der Waals surface area contributed by atoms with Crippen molar-refractivity contribution in [3.05, 3.63) is 42.5 Å². The lowest BCUT2D eigenvalue weighted by molar-refractivity contribution is 0.215. The fourth-order valence-electron chi connectivity index (χ4n) is 0.589. The molecule has 0 heterocycles. The van der Waals surface area contributed by atoms with Crippen molar-refractivity contribution in [3.63, 3.8) is 0 Å². The van der Waals surface area contributed by atoms with Crippen LogP contribution < -0.4 is 0 Å². The molecule has 1 aromatic carbocycles. The van der Waals surface area contributed by atoms with Crippen LogP contribution in [0, 0.1) is 0 Å². The Morgan fingerprint density at radius 3 is 1.56 bits per heavy atom. The van der Waals surface area contributed by atoms with E-state index in [-0.39, 0.29) is 0 Å². The van der Waals surface area contributed by atoms with Crippen molar-refractivity contribution in [1.82, 2.24) is 0 Å². The normalized spacial score (nSPS) is 8.00. The summed E-state index contributed by atoms with van der Waals surface area (Å²) in [6, 6.07) is 10.0. The van der Waals surface area contributed by atoms with E-state index in [0.717, 1.165) is 13.2 Å². The van der Waals surface area contributed by atoms with Gasteiger partial charge in [0.15, 0.2) is 0 Å². The van der Waals surface area contributed by atoms with E-state index in [9.17, 15) is 0 Å². The van der Waals surface area contributed by atoms with Crippen LogP contribution in [0.15, 0.2) is 36.9 Å². The van der Waals surface area contributed by atoms with Crippen molar-refractivity contribution in [2.75, 3.05) is 27.4 Å². The Balaban J connectivity index is 0. The van der Waals surface area contributed by atoms with Gasteiger partial charge in [0.1, 0.15) is 0 Å². The first-order valence-electron chi connectivity index (χ1n) is 5.42. The number of rotatable bonds is 3. The van der Waals surface area contributed by atoms with Crippen LogP contribution >= 0.6 is 0 Å². The van der Waals surface area contributed by atoms with Crippen LogP contribution in [-0.2, 0) is 9.47 Å². The van der Waals surface area contributed by atoms with E-state index >= 15 is 0 Å². The molecule has 0 aliphatic heterocycles. The van der Waals surface area contributed by atoms with Gasteiger partial charge in [-0.15, -0.1) is 0 Å². The maximum Gasteiger partial charge on any atom is 0.0433 e. The second kappa shape index (κ2) is 16.3. The Bertz CT molecular complexity index is 211. The topological polar surface area (TPSA) is 18.5 Å². The highest BCUT2D eigenvalue weighted by Gasteiger charge is 1.75. The first kappa shape index (κ1) is 17.3. The van der Waals surface area contributed by atoms with Gasteiger partial charge in [0.05, 0.1) is 0 Å². The van der Waals surface area contributed by atoms with Crippen LogP contribution in [-0.4, -0.2) is 27.4 Å². The fourth-order valence-corrected chi connectivity index (χ4v) is 0.589. The van der Waals surface area contributed by atoms with E-state index in [4.69, 9.17) is 0 Å². The van der Waals surface area contributed by atoms with Gasteiger partial charge in [-0.1, -0.05) is 43.0 Å². The SMILES string of the molecule is C=Cc1ccccc1.CCOC.CCOC. The molecule has 16 heavy (non-hydrogen) atoms.